The van der Waals surface area contributed by atoms with Crippen LogP contribution in [0.3, 0.4) is 0 Å². The fraction of sp³-hybridized carbons (Fsp3) is 0.222. The molecule has 0 atom stereocenters. The van der Waals surface area contributed by atoms with E-state index < -0.39 is 11.8 Å². The molecule has 1 aromatic rings. The lowest BCUT2D eigenvalue weighted by atomic mass is 10.1. The first-order valence-corrected chi connectivity index (χ1v) is 3.70. The van der Waals surface area contributed by atoms with E-state index in [0.717, 1.165) is 6.07 Å². The van der Waals surface area contributed by atoms with Gasteiger partial charge in [-0.1, -0.05) is 0 Å². The highest BCUT2D eigenvalue weighted by molar-refractivity contribution is 5.90. The Morgan fingerprint density at radius 3 is 2.62 bits per heavy atom. The molecule has 0 radical (unpaired) electrons. The van der Waals surface area contributed by atoms with E-state index >= 15 is 0 Å². The Kier molecular flexibility index (Phi) is 2.51. The molecule has 3 nitrogen and oxygen atoms in total. The van der Waals surface area contributed by atoms with Gasteiger partial charge in [0.25, 0.3) is 0 Å². The molecular formula is C9H10FNO2. The monoisotopic (exact) mass is 183 g/mol. The zero-order chi connectivity index (χ0) is 10.0. The van der Waals surface area contributed by atoms with E-state index in [0.29, 0.717) is 5.56 Å². The number of benzene rings is 1. The highest BCUT2D eigenvalue weighted by Crippen LogP contribution is 2.18. The molecule has 0 unspecified atom stereocenters. The molecule has 0 aromatic heterocycles. The largest absolute Gasteiger partial charge is 0.465 e. The van der Waals surface area contributed by atoms with Crippen molar-refractivity contribution in [1.82, 2.24) is 0 Å². The molecule has 70 valence electrons. The number of ether oxygens (including phenoxy) is 1. The van der Waals surface area contributed by atoms with E-state index in [1.54, 1.807) is 6.92 Å². The SMILES string of the molecule is COC(=O)c1cc(C)c(N)c(F)c1. The Labute approximate surface area is 75.3 Å². The summed E-state index contributed by atoms with van der Waals surface area (Å²) in [5.74, 6) is -1.16. The second kappa shape index (κ2) is 3.43. The van der Waals surface area contributed by atoms with Crippen molar-refractivity contribution in [2.45, 2.75) is 6.92 Å². The van der Waals surface area contributed by atoms with Gasteiger partial charge in [-0.05, 0) is 24.6 Å². The van der Waals surface area contributed by atoms with Gasteiger partial charge in [-0.2, -0.15) is 0 Å². The van der Waals surface area contributed by atoms with Crippen LogP contribution in [0, 0.1) is 12.7 Å². The van der Waals surface area contributed by atoms with Crippen molar-refractivity contribution in [3.63, 3.8) is 0 Å². The minimum atomic E-state index is -0.597. The van der Waals surface area contributed by atoms with Gasteiger partial charge in [-0.15, -0.1) is 0 Å². The number of nitrogens with two attached hydrogens (primary N) is 1. The zero-order valence-corrected chi connectivity index (χ0v) is 7.43. The van der Waals surface area contributed by atoms with E-state index in [4.69, 9.17) is 5.73 Å². The number of aryl methyl sites for hydroxylation is 1. The van der Waals surface area contributed by atoms with Crippen LogP contribution >= 0.6 is 0 Å². The number of esters is 1. The molecule has 0 spiro atoms. The van der Waals surface area contributed by atoms with Gasteiger partial charge in [0.2, 0.25) is 0 Å². The molecule has 0 amide bonds. The fourth-order valence-corrected chi connectivity index (χ4v) is 0.991. The highest BCUT2D eigenvalue weighted by atomic mass is 19.1. The predicted molar refractivity (Wildman–Crippen MR) is 46.9 cm³/mol. The van der Waals surface area contributed by atoms with E-state index in [1.807, 2.05) is 0 Å². The third kappa shape index (κ3) is 1.77. The highest BCUT2D eigenvalue weighted by Gasteiger charge is 2.10. The van der Waals surface area contributed by atoms with Crippen molar-refractivity contribution in [3.05, 3.63) is 29.1 Å². The van der Waals surface area contributed by atoms with Crippen LogP contribution in [0.2, 0.25) is 0 Å². The van der Waals surface area contributed by atoms with Crippen molar-refractivity contribution < 1.29 is 13.9 Å². The molecule has 4 heteroatoms. The van der Waals surface area contributed by atoms with Gasteiger partial charge < -0.3 is 10.5 Å². The molecule has 13 heavy (non-hydrogen) atoms. The summed E-state index contributed by atoms with van der Waals surface area (Å²) in [6, 6.07) is 2.55. The predicted octanol–water partition coefficient (Wildman–Crippen LogP) is 1.50. The number of halogens is 1. The minimum Gasteiger partial charge on any atom is -0.465 e. The summed E-state index contributed by atoms with van der Waals surface area (Å²) >= 11 is 0. The maximum Gasteiger partial charge on any atom is 0.337 e. The summed E-state index contributed by atoms with van der Waals surface area (Å²) in [7, 11) is 1.24. The van der Waals surface area contributed by atoms with Crippen LogP contribution < -0.4 is 5.73 Å². The molecule has 0 aliphatic rings. The first kappa shape index (κ1) is 9.51. The van der Waals surface area contributed by atoms with Gasteiger partial charge in [-0.3, -0.25) is 0 Å². The maximum atomic E-state index is 13.0. The van der Waals surface area contributed by atoms with Crippen molar-refractivity contribution in [2.75, 3.05) is 12.8 Å². The van der Waals surface area contributed by atoms with Crippen molar-refractivity contribution in [2.24, 2.45) is 0 Å². The van der Waals surface area contributed by atoms with Gasteiger partial charge in [0, 0.05) is 0 Å². The van der Waals surface area contributed by atoms with Gasteiger partial charge >= 0.3 is 5.97 Å². The molecular weight excluding hydrogens is 173 g/mol. The third-order valence-electron chi connectivity index (χ3n) is 1.76. The molecule has 0 aliphatic heterocycles. The molecule has 0 fully saturated rings. The van der Waals surface area contributed by atoms with Crippen LogP contribution in [-0.4, -0.2) is 13.1 Å². The molecule has 0 heterocycles. The Morgan fingerprint density at radius 1 is 1.54 bits per heavy atom. The fourth-order valence-electron chi connectivity index (χ4n) is 0.991. The molecule has 0 saturated carbocycles. The number of hydrogen-bond acceptors (Lipinski definition) is 3. The van der Waals surface area contributed by atoms with E-state index in [-0.39, 0.29) is 11.3 Å². The lowest BCUT2D eigenvalue weighted by Crippen LogP contribution is -2.04. The summed E-state index contributed by atoms with van der Waals surface area (Å²) in [6.07, 6.45) is 0. The summed E-state index contributed by atoms with van der Waals surface area (Å²) in [5.41, 5.74) is 6.13. The first-order chi connectivity index (χ1) is 6.06. The standard InChI is InChI=1S/C9H10FNO2/c1-5-3-6(9(12)13-2)4-7(10)8(5)11/h3-4H,11H2,1-2H3. The number of hydrogen-bond donors (Lipinski definition) is 1. The first-order valence-electron chi connectivity index (χ1n) is 3.70. The topological polar surface area (TPSA) is 52.3 Å². The summed E-state index contributed by atoms with van der Waals surface area (Å²) in [5, 5.41) is 0. The second-order valence-corrected chi connectivity index (χ2v) is 2.68. The number of rotatable bonds is 1. The summed E-state index contributed by atoms with van der Waals surface area (Å²) in [4.78, 5) is 11.0. The van der Waals surface area contributed by atoms with Gasteiger partial charge in [0.05, 0.1) is 18.4 Å². The number of anilines is 1. The molecule has 1 aromatic carbocycles. The minimum absolute atomic E-state index is 0.0626. The number of nitrogen functional groups attached to an aromatic ring is 1. The Bertz CT molecular complexity index is 326. The van der Waals surface area contributed by atoms with E-state index in [9.17, 15) is 9.18 Å². The van der Waals surface area contributed by atoms with Crippen molar-refractivity contribution in [1.29, 1.82) is 0 Å². The number of carbonyl (C=O) groups excluding carboxylic acids is 1. The van der Waals surface area contributed by atoms with Crippen LogP contribution in [0.25, 0.3) is 0 Å². The van der Waals surface area contributed by atoms with Gasteiger partial charge in [0.15, 0.2) is 0 Å². The lowest BCUT2D eigenvalue weighted by molar-refractivity contribution is 0.0600. The number of methoxy groups -OCH3 is 1. The summed E-state index contributed by atoms with van der Waals surface area (Å²) < 4.78 is 17.4. The van der Waals surface area contributed by atoms with Crippen molar-refractivity contribution in [3.8, 4) is 0 Å². The Morgan fingerprint density at radius 2 is 2.15 bits per heavy atom. The smallest absolute Gasteiger partial charge is 0.337 e. The van der Waals surface area contributed by atoms with Gasteiger partial charge in [-0.25, -0.2) is 9.18 Å². The van der Waals surface area contributed by atoms with E-state index in [1.165, 1.54) is 13.2 Å². The third-order valence-corrected chi connectivity index (χ3v) is 1.76. The molecule has 2 N–H and O–H groups in total. The lowest BCUT2D eigenvalue weighted by Gasteiger charge is -2.04. The zero-order valence-electron chi connectivity index (χ0n) is 7.43. The Hall–Kier alpha value is -1.58. The Balaban J connectivity index is 3.20. The van der Waals surface area contributed by atoms with Crippen LogP contribution in [0.5, 0.6) is 0 Å². The normalized spacial score (nSPS) is 9.77. The quantitative estimate of drug-likeness (QED) is 0.530. The maximum absolute atomic E-state index is 13.0. The number of carbonyl (C=O) groups is 1. The molecule has 0 saturated heterocycles. The molecule has 0 bridgehead atoms. The molecule has 0 aliphatic carbocycles. The van der Waals surface area contributed by atoms with Gasteiger partial charge in [0.1, 0.15) is 5.82 Å². The van der Waals surface area contributed by atoms with Crippen LogP contribution in [-0.2, 0) is 4.74 Å². The van der Waals surface area contributed by atoms with Crippen LogP contribution in [0.1, 0.15) is 15.9 Å². The summed E-state index contributed by atoms with van der Waals surface area (Å²) in [6.45, 7) is 1.63. The van der Waals surface area contributed by atoms with Crippen molar-refractivity contribution >= 4 is 11.7 Å². The second-order valence-electron chi connectivity index (χ2n) is 2.68. The average molecular weight is 183 g/mol. The van der Waals surface area contributed by atoms with E-state index in [2.05, 4.69) is 4.74 Å². The average Bonchev–Trinajstić information content (AvgIpc) is 2.12. The molecule has 1 rings (SSSR count). The van der Waals surface area contributed by atoms with Crippen LogP contribution in [0.4, 0.5) is 10.1 Å². The van der Waals surface area contributed by atoms with Crippen LogP contribution in [0.15, 0.2) is 12.1 Å².